The van der Waals surface area contributed by atoms with Crippen molar-refractivity contribution in [1.82, 2.24) is 25.4 Å². The van der Waals surface area contributed by atoms with Crippen molar-refractivity contribution in [1.29, 1.82) is 0 Å². The second-order valence-corrected chi connectivity index (χ2v) is 14.8. The number of rotatable bonds is 9. The monoisotopic (exact) mass is 607 g/mol. The number of halogens is 1. The minimum atomic E-state index is -0.872. The van der Waals surface area contributed by atoms with Gasteiger partial charge in [-0.25, -0.2) is 4.98 Å². The Morgan fingerprint density at radius 1 is 1.12 bits per heavy atom. The van der Waals surface area contributed by atoms with Crippen LogP contribution in [-0.2, 0) is 19.1 Å². The van der Waals surface area contributed by atoms with E-state index in [4.69, 9.17) is 16.3 Å². The van der Waals surface area contributed by atoms with Gasteiger partial charge in [-0.05, 0) is 37.5 Å². The van der Waals surface area contributed by atoms with Gasteiger partial charge >= 0.3 is 0 Å². The average Bonchev–Trinajstić information content (AvgIpc) is 3.24. The minimum Gasteiger partial charge on any atom is -0.376 e. The van der Waals surface area contributed by atoms with Crippen molar-refractivity contribution < 1.29 is 23.9 Å². The van der Waals surface area contributed by atoms with Crippen LogP contribution in [0.25, 0.3) is 0 Å². The molecule has 2 N–H and O–H groups in total. The number of thiazole rings is 1. The summed E-state index contributed by atoms with van der Waals surface area (Å²) in [6.07, 6.45) is 7.68. The normalized spacial score (nSPS) is 26.3. The minimum absolute atomic E-state index is 0.00499. The molecule has 1 aromatic rings. The van der Waals surface area contributed by atoms with E-state index in [2.05, 4.69) is 29.5 Å². The van der Waals surface area contributed by atoms with Crippen LogP contribution in [0.3, 0.4) is 0 Å². The van der Waals surface area contributed by atoms with E-state index in [0.717, 1.165) is 30.6 Å². The maximum absolute atomic E-state index is 13.9. The van der Waals surface area contributed by atoms with Gasteiger partial charge in [0.2, 0.25) is 17.7 Å². The molecule has 0 bridgehead atoms. The van der Waals surface area contributed by atoms with Crippen LogP contribution < -0.4 is 10.6 Å². The number of nitrogens with zero attached hydrogens (tertiary/aromatic N) is 3. The fourth-order valence-electron chi connectivity index (χ4n) is 6.83. The van der Waals surface area contributed by atoms with Gasteiger partial charge in [-0.2, -0.15) is 0 Å². The van der Waals surface area contributed by atoms with Gasteiger partial charge < -0.3 is 25.2 Å². The number of nitrogens with one attached hydrogen (secondary N) is 2. The summed E-state index contributed by atoms with van der Waals surface area (Å²) in [7, 11) is 1.54. The molecule has 1 spiro atoms. The van der Waals surface area contributed by atoms with Gasteiger partial charge in [0, 0.05) is 51.2 Å². The van der Waals surface area contributed by atoms with Crippen molar-refractivity contribution in [3.8, 4) is 0 Å². The molecule has 0 aromatic carbocycles. The highest BCUT2D eigenvalue weighted by molar-refractivity contribution is 7.17. The first-order valence-electron chi connectivity index (χ1n) is 14.8. The summed E-state index contributed by atoms with van der Waals surface area (Å²) >= 11 is 7.08. The van der Waals surface area contributed by atoms with Crippen LogP contribution in [0, 0.1) is 28.6 Å². The molecule has 5 rings (SSSR count). The van der Waals surface area contributed by atoms with Crippen LogP contribution in [-0.4, -0.2) is 90.4 Å². The fourth-order valence-corrected chi connectivity index (χ4v) is 7.74. The van der Waals surface area contributed by atoms with E-state index in [9.17, 15) is 19.2 Å². The first kappa shape index (κ1) is 30.2. The van der Waals surface area contributed by atoms with Gasteiger partial charge in [0.15, 0.2) is 4.47 Å². The Bertz CT molecular complexity index is 1180. The molecule has 0 radical (unpaired) electrons. The SMILES string of the molecule is CNC(=O)[C@@H](NC(=O)[C@H]1CN(C(=O)c2cnc(Cl)s2)CC12CN(C(=O)[C@H]1CC1(C)C)C2)[C@@H](C)OCC1CCCCC1. The molecule has 4 aliphatic rings. The molecule has 0 unspecified atom stereocenters. The summed E-state index contributed by atoms with van der Waals surface area (Å²) in [5.41, 5.74) is -0.573. The van der Waals surface area contributed by atoms with Crippen molar-refractivity contribution in [2.75, 3.05) is 39.8 Å². The van der Waals surface area contributed by atoms with Crippen molar-refractivity contribution in [2.24, 2.45) is 28.6 Å². The molecule has 12 heteroatoms. The Hall–Kier alpha value is -2.24. The third-order valence-electron chi connectivity index (χ3n) is 9.69. The highest BCUT2D eigenvalue weighted by atomic mass is 35.5. The maximum atomic E-state index is 13.9. The number of hydrogen-bond acceptors (Lipinski definition) is 7. The number of aromatic nitrogens is 1. The summed E-state index contributed by atoms with van der Waals surface area (Å²) in [6, 6.07) is -0.872. The second kappa shape index (κ2) is 11.8. The first-order chi connectivity index (χ1) is 19.4. The van der Waals surface area contributed by atoms with Gasteiger partial charge in [-0.15, -0.1) is 0 Å². The van der Waals surface area contributed by atoms with E-state index in [1.807, 2.05) is 11.8 Å². The second-order valence-electron chi connectivity index (χ2n) is 13.2. The molecule has 4 fully saturated rings. The molecule has 226 valence electrons. The van der Waals surface area contributed by atoms with Gasteiger partial charge in [0.25, 0.3) is 5.91 Å². The summed E-state index contributed by atoms with van der Waals surface area (Å²) in [6.45, 7) is 7.90. The van der Waals surface area contributed by atoms with E-state index in [-0.39, 0.29) is 46.0 Å². The van der Waals surface area contributed by atoms with Crippen LogP contribution in [0.2, 0.25) is 4.47 Å². The molecule has 10 nitrogen and oxygen atoms in total. The molecule has 4 amide bonds. The van der Waals surface area contributed by atoms with E-state index < -0.39 is 23.5 Å². The smallest absolute Gasteiger partial charge is 0.265 e. The van der Waals surface area contributed by atoms with E-state index in [0.29, 0.717) is 37.0 Å². The standard InChI is InChI=1S/C29H42ClN5O5S/c1-17(40-13-18-8-6-5-7-9-18)22(24(37)31-4)33-23(36)20-12-34(26(39)21-11-32-27(30)41-21)14-29(20)15-35(16-29)25(38)19-10-28(19,2)3/h11,17-20,22H,5-10,12-16H2,1-4H3,(H,31,37)(H,33,36)/t17-,19-,20-,22+/m1/s1. The average molecular weight is 608 g/mol. The fraction of sp³-hybridized carbons (Fsp3) is 0.759. The molecule has 1 aromatic heterocycles. The van der Waals surface area contributed by atoms with Crippen LogP contribution in [0.15, 0.2) is 6.20 Å². The third-order valence-corrected chi connectivity index (χ3v) is 10.8. The number of likely N-dealkylation sites (N-methyl/N-ethyl adjacent to an activating group) is 1. The topological polar surface area (TPSA) is 121 Å². The van der Waals surface area contributed by atoms with Crippen LogP contribution in [0.5, 0.6) is 0 Å². The zero-order valence-corrected chi connectivity index (χ0v) is 26.0. The summed E-state index contributed by atoms with van der Waals surface area (Å²) < 4.78 is 6.41. The van der Waals surface area contributed by atoms with Crippen LogP contribution >= 0.6 is 22.9 Å². The molecule has 2 aliphatic carbocycles. The number of ether oxygens (including phenoxy) is 1. The van der Waals surface area contributed by atoms with E-state index in [1.54, 1.807) is 11.9 Å². The predicted molar refractivity (Wildman–Crippen MR) is 155 cm³/mol. The number of likely N-dealkylation sites (tertiary alicyclic amines) is 2. The van der Waals surface area contributed by atoms with Crippen molar-refractivity contribution >= 4 is 46.6 Å². The molecular weight excluding hydrogens is 566 g/mol. The van der Waals surface area contributed by atoms with Gasteiger partial charge in [-0.1, -0.05) is 56.0 Å². The highest BCUT2D eigenvalue weighted by Gasteiger charge is 2.62. The lowest BCUT2D eigenvalue weighted by Crippen LogP contribution is -2.65. The zero-order valence-electron chi connectivity index (χ0n) is 24.4. The quantitative estimate of drug-likeness (QED) is 0.445. The summed E-state index contributed by atoms with van der Waals surface area (Å²) in [4.78, 5) is 61.1. The Balaban J connectivity index is 1.29. The first-order valence-corrected chi connectivity index (χ1v) is 16.0. The number of hydrogen-bond donors (Lipinski definition) is 2. The largest absolute Gasteiger partial charge is 0.376 e. The predicted octanol–water partition coefficient (Wildman–Crippen LogP) is 2.96. The summed E-state index contributed by atoms with van der Waals surface area (Å²) in [5.74, 6) is -0.844. The Morgan fingerprint density at radius 2 is 1.78 bits per heavy atom. The highest BCUT2D eigenvalue weighted by Crippen LogP contribution is 2.54. The molecule has 2 saturated heterocycles. The Kier molecular flexibility index (Phi) is 8.70. The number of carbonyl (C=O) groups excluding carboxylic acids is 4. The molecule has 2 saturated carbocycles. The van der Waals surface area contributed by atoms with Crippen molar-refractivity contribution in [3.63, 3.8) is 0 Å². The molecular formula is C29H42ClN5O5S. The van der Waals surface area contributed by atoms with E-state index >= 15 is 0 Å². The van der Waals surface area contributed by atoms with Crippen LogP contribution in [0.4, 0.5) is 0 Å². The lowest BCUT2D eigenvalue weighted by atomic mass is 9.70. The van der Waals surface area contributed by atoms with Gasteiger partial charge in [-0.3, -0.25) is 19.2 Å². The molecule has 41 heavy (non-hydrogen) atoms. The Labute approximate surface area is 250 Å². The van der Waals surface area contributed by atoms with Crippen molar-refractivity contribution in [3.05, 3.63) is 15.5 Å². The zero-order chi connectivity index (χ0) is 29.5. The van der Waals surface area contributed by atoms with Crippen molar-refractivity contribution in [2.45, 2.75) is 71.4 Å². The van der Waals surface area contributed by atoms with Crippen LogP contribution in [0.1, 0.15) is 69.0 Å². The Morgan fingerprint density at radius 3 is 2.37 bits per heavy atom. The third kappa shape index (κ3) is 6.27. The maximum Gasteiger partial charge on any atom is 0.265 e. The lowest BCUT2D eigenvalue weighted by Gasteiger charge is -2.50. The lowest BCUT2D eigenvalue weighted by molar-refractivity contribution is -0.152. The number of carbonyl (C=O) groups is 4. The van der Waals surface area contributed by atoms with Gasteiger partial charge in [0.05, 0.1) is 18.2 Å². The van der Waals surface area contributed by atoms with Gasteiger partial charge in [0.1, 0.15) is 10.9 Å². The molecule has 3 heterocycles. The number of amides is 4. The molecule has 2 aliphatic heterocycles. The summed E-state index contributed by atoms with van der Waals surface area (Å²) in [5, 5.41) is 5.63. The van der Waals surface area contributed by atoms with E-state index in [1.165, 1.54) is 25.5 Å². The molecule has 4 atom stereocenters.